The minimum absolute atomic E-state index is 0.00126. The number of ether oxygens (including phenoxy) is 1. The van der Waals surface area contributed by atoms with E-state index in [9.17, 15) is 9.59 Å². The van der Waals surface area contributed by atoms with Crippen LogP contribution in [0.1, 0.15) is 61.3 Å². The van der Waals surface area contributed by atoms with Gasteiger partial charge in [-0.2, -0.15) is 5.10 Å². The van der Waals surface area contributed by atoms with Crippen molar-refractivity contribution >= 4 is 22.6 Å². The van der Waals surface area contributed by atoms with Crippen LogP contribution in [0.2, 0.25) is 0 Å². The molecule has 0 atom stereocenters. The summed E-state index contributed by atoms with van der Waals surface area (Å²) in [5.74, 6) is 0.352. The molecule has 0 aliphatic carbocycles. The molecule has 1 N–H and O–H groups in total. The van der Waals surface area contributed by atoms with E-state index < -0.39 is 0 Å². The van der Waals surface area contributed by atoms with Crippen LogP contribution in [0, 0.1) is 0 Å². The molecule has 3 aromatic rings. The van der Waals surface area contributed by atoms with E-state index in [-0.39, 0.29) is 30.5 Å². The highest BCUT2D eigenvalue weighted by Crippen LogP contribution is 2.26. The summed E-state index contributed by atoms with van der Waals surface area (Å²) in [6, 6.07) is 8.81. The van der Waals surface area contributed by atoms with Crippen molar-refractivity contribution < 1.29 is 19.4 Å². The number of fused-ring (bicyclic) bond motifs is 1. The number of hydrogen-bond acceptors (Lipinski definition) is 6. The van der Waals surface area contributed by atoms with Crippen molar-refractivity contribution in [3.63, 3.8) is 0 Å². The van der Waals surface area contributed by atoms with Crippen LogP contribution >= 0.6 is 0 Å². The first-order valence-electron chi connectivity index (χ1n) is 11.9. The number of ketones is 1. The molecule has 0 spiro atoms. The Labute approximate surface area is 200 Å². The highest BCUT2D eigenvalue weighted by Gasteiger charge is 2.22. The number of aliphatic hydroxyl groups is 1. The first-order valence-corrected chi connectivity index (χ1v) is 11.9. The van der Waals surface area contributed by atoms with Crippen LogP contribution in [0.25, 0.3) is 10.9 Å². The Morgan fingerprint density at radius 3 is 2.41 bits per heavy atom. The second-order valence-electron chi connectivity index (χ2n) is 8.32. The fourth-order valence-corrected chi connectivity index (χ4v) is 3.81. The SMILES string of the molecule is CCCCN(CCCC)C(=O)Cn1nc(C(=O)c2ccc(CCO)nc2)c2ccc(OC)cc21. The van der Waals surface area contributed by atoms with E-state index >= 15 is 0 Å². The molecule has 0 radical (unpaired) electrons. The van der Waals surface area contributed by atoms with Crippen LogP contribution < -0.4 is 4.74 Å². The second-order valence-corrected chi connectivity index (χ2v) is 8.32. The number of unbranched alkanes of at least 4 members (excludes halogenated alkanes) is 2. The molecule has 8 nitrogen and oxygen atoms in total. The summed E-state index contributed by atoms with van der Waals surface area (Å²) < 4.78 is 6.98. The number of benzene rings is 1. The predicted octanol–water partition coefficient (Wildman–Crippen LogP) is 3.63. The average Bonchev–Trinajstić information content (AvgIpc) is 3.21. The third-order valence-electron chi connectivity index (χ3n) is 5.83. The largest absolute Gasteiger partial charge is 0.497 e. The molecule has 1 amide bonds. The van der Waals surface area contributed by atoms with E-state index in [0.717, 1.165) is 38.8 Å². The molecule has 1 aromatic carbocycles. The van der Waals surface area contributed by atoms with Gasteiger partial charge in [0.05, 0.1) is 12.6 Å². The lowest BCUT2D eigenvalue weighted by Gasteiger charge is -2.22. The molecular formula is C26H34N4O4. The third-order valence-corrected chi connectivity index (χ3v) is 5.83. The van der Waals surface area contributed by atoms with E-state index in [1.165, 1.54) is 6.20 Å². The van der Waals surface area contributed by atoms with E-state index in [4.69, 9.17) is 9.84 Å². The summed E-state index contributed by atoms with van der Waals surface area (Å²) in [6.07, 6.45) is 5.87. The number of hydrogen-bond donors (Lipinski definition) is 1. The van der Waals surface area contributed by atoms with Crippen LogP contribution in [0.5, 0.6) is 5.75 Å². The molecule has 0 saturated heterocycles. The molecule has 3 rings (SSSR count). The normalized spacial score (nSPS) is 11.1. The van der Waals surface area contributed by atoms with Crippen molar-refractivity contribution in [2.45, 2.75) is 52.5 Å². The van der Waals surface area contributed by atoms with Gasteiger partial charge in [-0.05, 0) is 37.1 Å². The number of nitrogens with zero attached hydrogens (tertiary/aromatic N) is 4. The fraction of sp³-hybridized carbons (Fsp3) is 0.462. The van der Waals surface area contributed by atoms with Gasteiger partial charge in [-0.15, -0.1) is 0 Å². The number of aromatic nitrogens is 3. The van der Waals surface area contributed by atoms with Crippen LogP contribution in [-0.2, 0) is 17.8 Å². The Morgan fingerprint density at radius 2 is 1.82 bits per heavy atom. The second kappa shape index (κ2) is 12.3. The van der Waals surface area contributed by atoms with Gasteiger partial charge in [0, 0.05) is 55.0 Å². The number of aliphatic hydroxyl groups excluding tert-OH is 1. The Balaban J connectivity index is 1.95. The smallest absolute Gasteiger partial charge is 0.244 e. The van der Waals surface area contributed by atoms with Gasteiger partial charge in [0.1, 0.15) is 18.0 Å². The maximum Gasteiger partial charge on any atom is 0.244 e. The zero-order chi connectivity index (χ0) is 24.5. The summed E-state index contributed by atoms with van der Waals surface area (Å²) in [5.41, 5.74) is 2.06. The lowest BCUT2D eigenvalue weighted by molar-refractivity contribution is -0.132. The molecule has 2 aromatic heterocycles. The van der Waals surface area contributed by atoms with Gasteiger partial charge < -0.3 is 14.7 Å². The topological polar surface area (TPSA) is 97.6 Å². The first-order chi connectivity index (χ1) is 16.5. The maximum atomic E-state index is 13.3. The van der Waals surface area contributed by atoms with Crippen molar-refractivity contribution in [2.75, 3.05) is 26.8 Å². The lowest BCUT2D eigenvalue weighted by Crippen LogP contribution is -2.35. The molecule has 0 fully saturated rings. The highest BCUT2D eigenvalue weighted by atomic mass is 16.5. The number of methoxy groups -OCH3 is 1. The molecule has 0 aliphatic rings. The molecular weight excluding hydrogens is 432 g/mol. The summed E-state index contributed by atoms with van der Waals surface area (Å²) in [5, 5.41) is 14.3. The number of rotatable bonds is 13. The molecule has 0 saturated carbocycles. The van der Waals surface area contributed by atoms with Gasteiger partial charge in [0.2, 0.25) is 11.7 Å². The molecule has 182 valence electrons. The molecule has 0 aliphatic heterocycles. The maximum absolute atomic E-state index is 13.3. The van der Waals surface area contributed by atoms with Crippen LogP contribution in [-0.4, -0.2) is 63.3 Å². The van der Waals surface area contributed by atoms with Crippen molar-refractivity contribution in [1.82, 2.24) is 19.7 Å². The van der Waals surface area contributed by atoms with Crippen LogP contribution in [0.15, 0.2) is 36.5 Å². The number of carbonyl (C=O) groups excluding carboxylic acids is 2. The van der Waals surface area contributed by atoms with E-state index in [0.29, 0.717) is 34.3 Å². The highest BCUT2D eigenvalue weighted by molar-refractivity contribution is 6.15. The minimum atomic E-state index is -0.266. The Kier molecular flexibility index (Phi) is 9.16. The van der Waals surface area contributed by atoms with Gasteiger partial charge in [-0.3, -0.25) is 19.3 Å². The molecule has 8 heteroatoms. The molecule has 34 heavy (non-hydrogen) atoms. The monoisotopic (exact) mass is 466 g/mol. The van der Waals surface area contributed by atoms with Gasteiger partial charge in [-0.1, -0.05) is 26.7 Å². The number of carbonyl (C=O) groups is 2. The third kappa shape index (κ3) is 5.99. The zero-order valence-electron chi connectivity index (χ0n) is 20.3. The first kappa shape index (κ1) is 25.4. The molecule has 2 heterocycles. The summed E-state index contributed by atoms with van der Waals surface area (Å²) in [6.45, 7) is 5.71. The van der Waals surface area contributed by atoms with E-state index in [1.54, 1.807) is 42.1 Å². The number of amides is 1. The van der Waals surface area contributed by atoms with Gasteiger partial charge in [0.15, 0.2) is 0 Å². The Hall–Kier alpha value is -3.26. The summed E-state index contributed by atoms with van der Waals surface area (Å²) in [4.78, 5) is 32.7. The Morgan fingerprint density at radius 1 is 1.09 bits per heavy atom. The van der Waals surface area contributed by atoms with E-state index in [2.05, 4.69) is 23.9 Å². The molecule has 0 unspecified atom stereocenters. The van der Waals surface area contributed by atoms with Crippen molar-refractivity contribution in [3.8, 4) is 5.75 Å². The minimum Gasteiger partial charge on any atom is -0.497 e. The van der Waals surface area contributed by atoms with Gasteiger partial charge in [-0.25, -0.2) is 0 Å². The lowest BCUT2D eigenvalue weighted by atomic mass is 10.1. The van der Waals surface area contributed by atoms with E-state index in [1.807, 2.05) is 4.90 Å². The quantitative estimate of drug-likeness (QED) is 0.386. The van der Waals surface area contributed by atoms with Crippen molar-refractivity contribution in [3.05, 3.63) is 53.5 Å². The standard InChI is InChI=1S/C26H34N4O4/c1-4-6-13-29(14-7-5-2)24(32)18-30-23-16-21(34-3)10-11-22(23)25(28-30)26(33)19-8-9-20(12-15-31)27-17-19/h8-11,16-17,31H,4-7,12-15,18H2,1-3H3. The molecule has 0 bridgehead atoms. The summed E-state index contributed by atoms with van der Waals surface area (Å²) >= 11 is 0. The zero-order valence-corrected chi connectivity index (χ0v) is 20.3. The Bertz CT molecular complexity index is 1100. The average molecular weight is 467 g/mol. The van der Waals surface area contributed by atoms with Gasteiger partial charge in [0.25, 0.3) is 0 Å². The predicted molar refractivity (Wildman–Crippen MR) is 131 cm³/mol. The van der Waals surface area contributed by atoms with Gasteiger partial charge >= 0.3 is 0 Å². The summed E-state index contributed by atoms with van der Waals surface area (Å²) in [7, 11) is 1.58. The van der Waals surface area contributed by atoms with Crippen molar-refractivity contribution in [1.29, 1.82) is 0 Å². The van der Waals surface area contributed by atoms with Crippen LogP contribution in [0.4, 0.5) is 0 Å². The van der Waals surface area contributed by atoms with Crippen molar-refractivity contribution in [2.24, 2.45) is 0 Å². The number of pyridine rings is 1. The van der Waals surface area contributed by atoms with Crippen LogP contribution in [0.3, 0.4) is 0 Å². The fourth-order valence-electron chi connectivity index (χ4n) is 3.81.